The van der Waals surface area contributed by atoms with Crippen molar-refractivity contribution in [2.75, 3.05) is 17.9 Å². The number of fused-ring (bicyclic) bond motifs is 1. The second-order valence-electron chi connectivity index (χ2n) is 6.17. The van der Waals surface area contributed by atoms with Crippen molar-refractivity contribution in [1.29, 1.82) is 0 Å². The molecule has 0 saturated carbocycles. The van der Waals surface area contributed by atoms with Gasteiger partial charge in [0.15, 0.2) is 11.5 Å². The first kappa shape index (κ1) is 18.4. The Balaban J connectivity index is 1.33. The fourth-order valence-electron chi connectivity index (χ4n) is 2.82. The van der Waals surface area contributed by atoms with E-state index >= 15 is 0 Å². The van der Waals surface area contributed by atoms with E-state index in [4.69, 9.17) is 13.9 Å². The Morgan fingerprint density at radius 3 is 2.68 bits per heavy atom. The number of nitrogens with zero attached hydrogens (tertiary/aromatic N) is 2. The van der Waals surface area contributed by atoms with Crippen molar-refractivity contribution in [2.45, 2.75) is 24.7 Å². The summed E-state index contributed by atoms with van der Waals surface area (Å²) in [6.07, 6.45) is 0.688. The summed E-state index contributed by atoms with van der Waals surface area (Å²) in [5.74, 6) is 2.59. The molecule has 1 aliphatic heterocycles. The number of anilines is 1. The van der Waals surface area contributed by atoms with Gasteiger partial charge in [0, 0.05) is 4.90 Å². The fourth-order valence-corrected chi connectivity index (χ4v) is 3.48. The molecule has 0 radical (unpaired) electrons. The van der Waals surface area contributed by atoms with Gasteiger partial charge in [0.2, 0.25) is 18.6 Å². The molecule has 4 rings (SSSR count). The van der Waals surface area contributed by atoms with Crippen molar-refractivity contribution in [1.82, 2.24) is 10.2 Å². The van der Waals surface area contributed by atoms with E-state index < -0.39 is 0 Å². The van der Waals surface area contributed by atoms with Crippen molar-refractivity contribution in [2.24, 2.45) is 0 Å². The van der Waals surface area contributed by atoms with Crippen molar-refractivity contribution < 1.29 is 18.7 Å². The van der Waals surface area contributed by atoms with Crippen LogP contribution in [0, 0.1) is 0 Å². The molecule has 144 valence electrons. The highest BCUT2D eigenvalue weighted by atomic mass is 32.2. The van der Waals surface area contributed by atoms with Crippen LogP contribution < -0.4 is 14.8 Å². The van der Waals surface area contributed by atoms with Crippen LogP contribution >= 0.6 is 11.8 Å². The Hall–Kier alpha value is -3.00. The van der Waals surface area contributed by atoms with E-state index in [1.807, 2.05) is 18.2 Å². The molecular formula is C20H19N3O4S. The van der Waals surface area contributed by atoms with Crippen LogP contribution in [-0.4, -0.2) is 28.7 Å². The molecule has 1 N–H and O–H groups in total. The predicted octanol–water partition coefficient (Wildman–Crippen LogP) is 3.68. The maximum atomic E-state index is 12.2. The number of hydrogen-bond donors (Lipinski definition) is 1. The van der Waals surface area contributed by atoms with Gasteiger partial charge < -0.3 is 13.9 Å². The summed E-state index contributed by atoms with van der Waals surface area (Å²) in [6, 6.07) is 13.7. The molecule has 28 heavy (non-hydrogen) atoms. The maximum absolute atomic E-state index is 12.2. The number of thioether (sulfide) groups is 1. The minimum absolute atomic E-state index is 0.0962. The summed E-state index contributed by atoms with van der Waals surface area (Å²) in [5.41, 5.74) is 1.88. The third kappa shape index (κ3) is 4.45. The lowest BCUT2D eigenvalue weighted by molar-refractivity contribution is -0.115. The van der Waals surface area contributed by atoms with Crippen molar-refractivity contribution in [3.05, 3.63) is 59.5 Å². The highest BCUT2D eigenvalue weighted by Crippen LogP contribution is 2.32. The van der Waals surface area contributed by atoms with Gasteiger partial charge in [-0.3, -0.25) is 10.1 Å². The van der Waals surface area contributed by atoms with Gasteiger partial charge in [-0.1, -0.05) is 30.2 Å². The number of benzene rings is 2. The first-order valence-corrected chi connectivity index (χ1v) is 9.90. The highest BCUT2D eigenvalue weighted by molar-refractivity contribution is 7.99. The molecule has 2 aromatic carbocycles. The van der Waals surface area contributed by atoms with E-state index in [0.29, 0.717) is 23.8 Å². The van der Waals surface area contributed by atoms with Crippen LogP contribution in [0.15, 0.2) is 51.8 Å². The Bertz CT molecular complexity index is 972. The number of ether oxygens (including phenoxy) is 2. The van der Waals surface area contributed by atoms with Crippen LogP contribution in [0.3, 0.4) is 0 Å². The molecule has 1 amide bonds. The lowest BCUT2D eigenvalue weighted by Crippen LogP contribution is -2.14. The number of aromatic nitrogens is 2. The van der Waals surface area contributed by atoms with E-state index in [1.165, 1.54) is 4.90 Å². The number of nitrogens with one attached hydrogen (secondary N) is 1. The average Bonchev–Trinajstić information content (AvgIpc) is 3.32. The van der Waals surface area contributed by atoms with Crippen molar-refractivity contribution >= 4 is 23.7 Å². The van der Waals surface area contributed by atoms with Gasteiger partial charge in [-0.25, -0.2) is 0 Å². The van der Waals surface area contributed by atoms with E-state index in [9.17, 15) is 4.79 Å². The minimum Gasteiger partial charge on any atom is -0.454 e. The molecule has 3 aromatic rings. The van der Waals surface area contributed by atoms with Crippen LogP contribution in [0.4, 0.5) is 6.01 Å². The normalized spacial score (nSPS) is 12.2. The first-order chi connectivity index (χ1) is 13.7. The van der Waals surface area contributed by atoms with Gasteiger partial charge in [-0.15, -0.1) is 16.9 Å². The number of hydrogen-bond acceptors (Lipinski definition) is 7. The molecular weight excluding hydrogens is 378 g/mol. The topological polar surface area (TPSA) is 86.5 Å². The summed E-state index contributed by atoms with van der Waals surface area (Å²) in [7, 11) is 0. The molecule has 1 aromatic heterocycles. The molecule has 0 saturated heterocycles. The summed E-state index contributed by atoms with van der Waals surface area (Å²) >= 11 is 1.79. The van der Waals surface area contributed by atoms with Gasteiger partial charge in [0.25, 0.3) is 0 Å². The highest BCUT2D eigenvalue weighted by Gasteiger charge is 2.16. The van der Waals surface area contributed by atoms with Gasteiger partial charge >= 0.3 is 6.01 Å². The number of carbonyl (C=O) groups excluding carboxylic acids is 1. The van der Waals surface area contributed by atoms with Gasteiger partial charge in [0.05, 0.1) is 12.8 Å². The monoisotopic (exact) mass is 397 g/mol. The zero-order valence-corrected chi connectivity index (χ0v) is 16.1. The zero-order chi connectivity index (χ0) is 19.3. The summed E-state index contributed by atoms with van der Waals surface area (Å²) in [4.78, 5) is 13.5. The first-order valence-electron chi connectivity index (χ1n) is 8.92. The molecule has 8 heteroatoms. The standard InChI is InChI=1S/C20H19N3O4S/c1-2-28-15-6-3-13(4-7-15)11-19-22-23-20(27-19)21-18(24)10-14-5-8-16-17(9-14)26-12-25-16/h3-9H,2,10-12H2,1H3,(H,21,23,24). The molecule has 0 unspecified atom stereocenters. The number of amides is 1. The van der Waals surface area contributed by atoms with E-state index in [0.717, 1.165) is 16.9 Å². The zero-order valence-electron chi connectivity index (χ0n) is 15.3. The summed E-state index contributed by atoms with van der Waals surface area (Å²) in [6.45, 7) is 2.33. The third-order valence-corrected chi connectivity index (χ3v) is 5.00. The number of rotatable bonds is 7. The van der Waals surface area contributed by atoms with E-state index in [2.05, 4.69) is 34.6 Å². The minimum atomic E-state index is -0.241. The van der Waals surface area contributed by atoms with E-state index in [-0.39, 0.29) is 25.1 Å². The second-order valence-corrected chi connectivity index (χ2v) is 7.50. The summed E-state index contributed by atoms with van der Waals surface area (Å²) < 4.78 is 16.1. The molecule has 0 bridgehead atoms. The lowest BCUT2D eigenvalue weighted by atomic mass is 10.1. The number of carbonyl (C=O) groups is 1. The Kier molecular flexibility index (Phi) is 5.48. The fraction of sp³-hybridized carbons (Fsp3) is 0.250. The van der Waals surface area contributed by atoms with Crippen LogP contribution in [0.25, 0.3) is 0 Å². The van der Waals surface area contributed by atoms with Crippen LogP contribution in [0.1, 0.15) is 23.9 Å². The van der Waals surface area contributed by atoms with Gasteiger partial charge in [-0.05, 0) is 41.1 Å². The Morgan fingerprint density at radius 1 is 1.07 bits per heavy atom. The van der Waals surface area contributed by atoms with Gasteiger partial charge in [-0.2, -0.15) is 0 Å². The molecule has 2 heterocycles. The molecule has 1 aliphatic rings. The lowest BCUT2D eigenvalue weighted by Gasteiger charge is -2.03. The van der Waals surface area contributed by atoms with Crippen LogP contribution in [0.5, 0.6) is 11.5 Å². The van der Waals surface area contributed by atoms with Crippen molar-refractivity contribution in [3.8, 4) is 11.5 Å². The second kappa shape index (κ2) is 8.35. The van der Waals surface area contributed by atoms with Crippen LogP contribution in [0.2, 0.25) is 0 Å². The van der Waals surface area contributed by atoms with Gasteiger partial charge in [0.1, 0.15) is 0 Å². The molecule has 0 atom stereocenters. The summed E-state index contributed by atoms with van der Waals surface area (Å²) in [5, 5.41) is 10.5. The smallest absolute Gasteiger partial charge is 0.322 e. The Morgan fingerprint density at radius 2 is 1.86 bits per heavy atom. The SMILES string of the molecule is CCSc1ccc(Cc2nnc(NC(=O)Cc3ccc4c(c3)OCO4)o2)cc1. The van der Waals surface area contributed by atoms with Crippen molar-refractivity contribution in [3.63, 3.8) is 0 Å². The maximum Gasteiger partial charge on any atom is 0.322 e. The quantitative estimate of drug-likeness (QED) is 0.609. The van der Waals surface area contributed by atoms with E-state index in [1.54, 1.807) is 23.9 Å². The predicted molar refractivity (Wildman–Crippen MR) is 105 cm³/mol. The molecule has 0 spiro atoms. The average molecular weight is 397 g/mol. The largest absolute Gasteiger partial charge is 0.454 e. The Labute approximate surface area is 166 Å². The molecule has 7 nitrogen and oxygen atoms in total. The third-order valence-electron chi connectivity index (χ3n) is 4.10. The molecule has 0 aliphatic carbocycles. The van der Waals surface area contributed by atoms with Crippen LogP contribution in [-0.2, 0) is 17.6 Å². The molecule has 0 fully saturated rings.